The molecule has 106 valence electrons. The number of methoxy groups -OCH3 is 1. The summed E-state index contributed by atoms with van der Waals surface area (Å²) < 4.78 is 6.86. The van der Waals surface area contributed by atoms with E-state index in [1.54, 1.807) is 20.1 Å². The van der Waals surface area contributed by atoms with Crippen molar-refractivity contribution in [2.75, 3.05) is 12.4 Å². The Morgan fingerprint density at radius 1 is 1.40 bits per heavy atom. The number of carboxylic acids is 1. The van der Waals surface area contributed by atoms with E-state index in [2.05, 4.69) is 42.2 Å². The number of anilines is 2. The van der Waals surface area contributed by atoms with E-state index in [1.807, 2.05) is 6.07 Å². The molecule has 0 aliphatic rings. The summed E-state index contributed by atoms with van der Waals surface area (Å²) in [5.41, 5.74) is 1.24. The Kier molecular flexibility index (Phi) is 4.66. The molecule has 2 rings (SSSR count). The van der Waals surface area contributed by atoms with E-state index < -0.39 is 5.97 Å². The van der Waals surface area contributed by atoms with Crippen LogP contribution in [0.2, 0.25) is 0 Å². The second-order valence-electron chi connectivity index (χ2n) is 3.83. The highest BCUT2D eigenvalue weighted by Gasteiger charge is 2.15. The van der Waals surface area contributed by atoms with Gasteiger partial charge < -0.3 is 15.2 Å². The minimum Gasteiger partial charge on any atom is -0.495 e. The van der Waals surface area contributed by atoms with Crippen molar-refractivity contribution in [2.24, 2.45) is 0 Å². The predicted molar refractivity (Wildman–Crippen MR) is 85.5 cm³/mol. The summed E-state index contributed by atoms with van der Waals surface area (Å²) in [6, 6.07) is 3.64. The maximum absolute atomic E-state index is 11.0. The quantitative estimate of drug-likeness (QED) is 0.764. The molecule has 8 heteroatoms. The molecule has 0 unspecified atom stereocenters. The number of thiazole rings is 1. The van der Waals surface area contributed by atoms with Crippen LogP contribution >= 0.6 is 43.2 Å². The first-order chi connectivity index (χ1) is 9.42. The van der Waals surface area contributed by atoms with Gasteiger partial charge in [0.25, 0.3) is 0 Å². The van der Waals surface area contributed by atoms with Crippen LogP contribution in [0, 0.1) is 6.92 Å². The maximum Gasteiger partial charge on any atom is 0.347 e. The first-order valence-corrected chi connectivity index (χ1v) is 7.83. The Hall–Kier alpha value is -1.12. The molecule has 5 nitrogen and oxygen atoms in total. The minimum atomic E-state index is -0.972. The third-order valence-electron chi connectivity index (χ3n) is 2.47. The molecule has 0 atom stereocenters. The lowest BCUT2D eigenvalue weighted by Crippen LogP contribution is -1.94. The maximum atomic E-state index is 11.0. The first-order valence-electron chi connectivity index (χ1n) is 5.43. The first kappa shape index (κ1) is 15.3. The summed E-state index contributed by atoms with van der Waals surface area (Å²) in [6.45, 7) is 1.67. The molecule has 0 aliphatic heterocycles. The molecule has 0 radical (unpaired) electrons. The van der Waals surface area contributed by atoms with Crippen molar-refractivity contribution < 1.29 is 14.6 Å². The zero-order chi connectivity index (χ0) is 14.9. The zero-order valence-corrected chi connectivity index (χ0v) is 14.5. The van der Waals surface area contributed by atoms with Crippen molar-refractivity contribution in [2.45, 2.75) is 6.92 Å². The fourth-order valence-corrected chi connectivity index (χ4v) is 3.62. The monoisotopic (exact) mass is 420 g/mol. The predicted octanol–water partition coefficient (Wildman–Crippen LogP) is 4.43. The van der Waals surface area contributed by atoms with Gasteiger partial charge in [0.1, 0.15) is 10.6 Å². The topological polar surface area (TPSA) is 71.5 Å². The van der Waals surface area contributed by atoms with Gasteiger partial charge in [-0.3, -0.25) is 0 Å². The molecule has 1 aromatic carbocycles. The Morgan fingerprint density at radius 3 is 2.65 bits per heavy atom. The summed E-state index contributed by atoms with van der Waals surface area (Å²) in [6.07, 6.45) is 0. The second-order valence-corrected chi connectivity index (χ2v) is 6.54. The summed E-state index contributed by atoms with van der Waals surface area (Å²) >= 11 is 7.92. The summed E-state index contributed by atoms with van der Waals surface area (Å²) in [7, 11) is 1.58. The number of halogens is 2. The molecule has 2 N–H and O–H groups in total. The molecule has 20 heavy (non-hydrogen) atoms. The summed E-state index contributed by atoms with van der Waals surface area (Å²) in [4.78, 5) is 15.4. The number of aromatic nitrogens is 1. The normalized spacial score (nSPS) is 10.4. The molecular formula is C12H10Br2N2O3S. The van der Waals surface area contributed by atoms with E-state index in [9.17, 15) is 4.79 Å². The van der Waals surface area contributed by atoms with Crippen molar-refractivity contribution in [3.8, 4) is 5.75 Å². The molecule has 1 aromatic heterocycles. The van der Waals surface area contributed by atoms with Crippen molar-refractivity contribution in [1.29, 1.82) is 0 Å². The van der Waals surface area contributed by atoms with Crippen LogP contribution < -0.4 is 10.1 Å². The third kappa shape index (κ3) is 3.13. The average molecular weight is 422 g/mol. The number of benzene rings is 1. The lowest BCUT2D eigenvalue weighted by Gasteiger charge is -2.09. The average Bonchev–Trinajstić information content (AvgIpc) is 2.74. The highest BCUT2D eigenvalue weighted by atomic mass is 79.9. The van der Waals surface area contributed by atoms with E-state index in [-0.39, 0.29) is 4.88 Å². The lowest BCUT2D eigenvalue weighted by molar-refractivity contribution is 0.0701. The number of hydrogen-bond donors (Lipinski definition) is 2. The van der Waals surface area contributed by atoms with Gasteiger partial charge in [-0.1, -0.05) is 11.3 Å². The van der Waals surface area contributed by atoms with Gasteiger partial charge in [-0.05, 0) is 44.8 Å². The van der Waals surface area contributed by atoms with Crippen LogP contribution in [0.1, 0.15) is 15.4 Å². The molecule has 1 heterocycles. The van der Waals surface area contributed by atoms with Gasteiger partial charge in [0, 0.05) is 10.5 Å². The number of rotatable bonds is 4. The highest BCUT2D eigenvalue weighted by molar-refractivity contribution is 9.11. The van der Waals surface area contributed by atoms with E-state index in [0.717, 1.165) is 26.0 Å². The van der Waals surface area contributed by atoms with Crippen LogP contribution in [0.15, 0.2) is 21.1 Å². The molecule has 2 aromatic rings. The fraction of sp³-hybridized carbons (Fsp3) is 0.167. The van der Waals surface area contributed by atoms with Gasteiger partial charge in [-0.25, -0.2) is 9.78 Å². The Balaban J connectivity index is 2.35. The van der Waals surface area contributed by atoms with Crippen molar-refractivity contribution in [3.05, 3.63) is 31.6 Å². The molecule has 0 saturated carbocycles. The second kappa shape index (κ2) is 6.11. The SMILES string of the molecule is COc1cc(Nc2nc(C)c(C(=O)O)s2)c(Br)cc1Br. The van der Waals surface area contributed by atoms with Gasteiger partial charge in [0.2, 0.25) is 0 Å². The summed E-state index contributed by atoms with van der Waals surface area (Å²) in [5.74, 6) is -0.303. The standard InChI is InChI=1S/C12H10Br2N2O3S/c1-5-10(11(17)18)20-12(15-5)16-8-4-9(19-2)7(14)3-6(8)13/h3-4H,1-2H3,(H,15,16)(H,17,18). The van der Waals surface area contributed by atoms with Gasteiger partial charge >= 0.3 is 5.97 Å². The van der Waals surface area contributed by atoms with Gasteiger partial charge in [0.15, 0.2) is 5.13 Å². The number of carboxylic acid groups (broad SMARTS) is 1. The lowest BCUT2D eigenvalue weighted by atomic mass is 10.3. The molecule has 0 spiro atoms. The molecule has 0 aliphatic carbocycles. The van der Waals surface area contributed by atoms with Crippen molar-refractivity contribution >= 4 is 60.0 Å². The van der Waals surface area contributed by atoms with E-state index in [1.165, 1.54) is 0 Å². The minimum absolute atomic E-state index is 0.229. The third-order valence-corrected chi connectivity index (χ3v) is 4.81. The van der Waals surface area contributed by atoms with Gasteiger partial charge in [-0.15, -0.1) is 0 Å². The van der Waals surface area contributed by atoms with Crippen LogP contribution in [-0.4, -0.2) is 23.2 Å². The molecular weight excluding hydrogens is 412 g/mol. The van der Waals surface area contributed by atoms with Crippen molar-refractivity contribution in [3.63, 3.8) is 0 Å². The van der Waals surface area contributed by atoms with E-state index in [0.29, 0.717) is 16.6 Å². The molecule has 0 saturated heterocycles. The van der Waals surface area contributed by atoms with Crippen LogP contribution in [-0.2, 0) is 0 Å². The zero-order valence-electron chi connectivity index (χ0n) is 10.5. The molecule has 0 amide bonds. The van der Waals surface area contributed by atoms with Crippen LogP contribution in [0.3, 0.4) is 0 Å². The van der Waals surface area contributed by atoms with Crippen LogP contribution in [0.5, 0.6) is 5.75 Å². The fourth-order valence-electron chi connectivity index (χ4n) is 1.54. The van der Waals surface area contributed by atoms with Gasteiger partial charge in [0.05, 0.1) is 23.0 Å². The Bertz CT molecular complexity index is 673. The number of nitrogens with one attached hydrogen (secondary N) is 1. The van der Waals surface area contributed by atoms with E-state index >= 15 is 0 Å². The highest BCUT2D eigenvalue weighted by Crippen LogP contribution is 2.37. The van der Waals surface area contributed by atoms with Crippen molar-refractivity contribution in [1.82, 2.24) is 4.98 Å². The number of hydrogen-bond acceptors (Lipinski definition) is 5. The Morgan fingerprint density at radius 2 is 2.10 bits per heavy atom. The van der Waals surface area contributed by atoms with Gasteiger partial charge in [-0.2, -0.15) is 0 Å². The Labute approximate surface area is 136 Å². The van der Waals surface area contributed by atoms with Crippen LogP contribution in [0.4, 0.5) is 10.8 Å². The number of ether oxygens (including phenoxy) is 1. The van der Waals surface area contributed by atoms with E-state index in [4.69, 9.17) is 9.84 Å². The summed E-state index contributed by atoms with van der Waals surface area (Å²) in [5, 5.41) is 12.6. The van der Waals surface area contributed by atoms with Crippen LogP contribution in [0.25, 0.3) is 0 Å². The molecule has 0 bridgehead atoms. The molecule has 0 fully saturated rings. The number of carbonyl (C=O) groups is 1. The number of nitrogens with zero attached hydrogens (tertiary/aromatic N) is 1. The largest absolute Gasteiger partial charge is 0.495 e. The smallest absolute Gasteiger partial charge is 0.347 e. The number of aryl methyl sites for hydroxylation is 1. The number of aromatic carboxylic acids is 1.